The Morgan fingerprint density at radius 1 is 1.07 bits per heavy atom. The molecule has 1 unspecified atom stereocenters. The third kappa shape index (κ3) is 2.27. The Kier molecular flexibility index (Phi) is 3.21. The van der Waals surface area contributed by atoms with Crippen LogP contribution in [0.1, 0.15) is 46.0 Å². The molecule has 0 N–H and O–H groups in total. The van der Waals surface area contributed by atoms with Gasteiger partial charge in [-0.3, -0.25) is 4.90 Å². The summed E-state index contributed by atoms with van der Waals surface area (Å²) in [7, 11) is 4.06. The zero-order valence-corrected chi connectivity index (χ0v) is 9.93. The average Bonchev–Trinajstić information content (AvgIpc) is 2.25. The van der Waals surface area contributed by atoms with Gasteiger partial charge in [0.1, 0.15) is 5.54 Å². The fraction of sp³-hybridized carbons (Fsp3) is 0.917. The summed E-state index contributed by atoms with van der Waals surface area (Å²) in [6.07, 6.45) is 5.64. The lowest BCUT2D eigenvalue weighted by Crippen LogP contribution is -2.42. The second kappa shape index (κ2) is 3.90. The van der Waals surface area contributed by atoms with Crippen LogP contribution in [0.5, 0.6) is 0 Å². The van der Waals surface area contributed by atoms with Crippen LogP contribution in [-0.2, 0) is 0 Å². The summed E-state index contributed by atoms with van der Waals surface area (Å²) in [6.45, 7) is 4.63. The molecule has 0 aromatic carbocycles. The molecule has 2 heteroatoms. The normalized spacial score (nSPS) is 32.3. The van der Waals surface area contributed by atoms with E-state index in [1.54, 1.807) is 0 Å². The molecule has 80 valence electrons. The zero-order valence-electron chi connectivity index (χ0n) is 9.93. The molecular weight excluding hydrogens is 172 g/mol. The number of nitrogens with zero attached hydrogens (tertiary/aromatic N) is 2. The summed E-state index contributed by atoms with van der Waals surface area (Å²) in [5, 5.41) is 9.32. The molecule has 14 heavy (non-hydrogen) atoms. The van der Waals surface area contributed by atoms with Gasteiger partial charge < -0.3 is 0 Å². The van der Waals surface area contributed by atoms with E-state index in [1.807, 2.05) is 14.1 Å². The standard InChI is InChI=1S/C12H22N2/c1-11(2)6-5-7-12(10-13,9-8-11)14(3)4/h5-9H2,1-4H3. The minimum absolute atomic E-state index is 0.201. The molecule has 0 heterocycles. The molecule has 0 spiro atoms. The summed E-state index contributed by atoms with van der Waals surface area (Å²) in [5.41, 5.74) is 0.225. The van der Waals surface area contributed by atoms with Crippen molar-refractivity contribution in [1.82, 2.24) is 4.90 Å². The van der Waals surface area contributed by atoms with Crippen molar-refractivity contribution in [2.45, 2.75) is 51.5 Å². The Hall–Kier alpha value is -0.550. The van der Waals surface area contributed by atoms with Gasteiger partial charge in [-0.1, -0.05) is 20.3 Å². The minimum atomic E-state index is -0.201. The van der Waals surface area contributed by atoms with Gasteiger partial charge in [-0.15, -0.1) is 0 Å². The summed E-state index contributed by atoms with van der Waals surface area (Å²) in [4.78, 5) is 2.11. The van der Waals surface area contributed by atoms with Crippen LogP contribution in [-0.4, -0.2) is 24.5 Å². The molecular formula is C12H22N2. The van der Waals surface area contributed by atoms with E-state index in [4.69, 9.17) is 0 Å². The van der Waals surface area contributed by atoms with Crippen molar-refractivity contribution in [3.05, 3.63) is 0 Å². The summed E-state index contributed by atoms with van der Waals surface area (Å²) in [6, 6.07) is 2.52. The first-order chi connectivity index (χ1) is 6.42. The van der Waals surface area contributed by atoms with Crippen molar-refractivity contribution in [1.29, 1.82) is 5.26 Å². The molecule has 1 aliphatic carbocycles. The van der Waals surface area contributed by atoms with Crippen LogP contribution in [0.2, 0.25) is 0 Å². The molecule has 0 aromatic heterocycles. The van der Waals surface area contributed by atoms with Crippen LogP contribution < -0.4 is 0 Å². The SMILES string of the molecule is CN(C)C1(C#N)CCCC(C)(C)CC1. The van der Waals surface area contributed by atoms with Crippen molar-refractivity contribution in [3.8, 4) is 6.07 Å². The van der Waals surface area contributed by atoms with Crippen molar-refractivity contribution in [2.75, 3.05) is 14.1 Å². The number of rotatable bonds is 1. The van der Waals surface area contributed by atoms with E-state index in [0.717, 1.165) is 12.8 Å². The summed E-state index contributed by atoms with van der Waals surface area (Å²) in [5.74, 6) is 0. The van der Waals surface area contributed by atoms with Gasteiger partial charge in [0.15, 0.2) is 0 Å². The highest BCUT2D eigenvalue weighted by atomic mass is 15.1. The molecule has 1 atom stereocenters. The first kappa shape index (κ1) is 11.5. The molecule has 0 bridgehead atoms. The van der Waals surface area contributed by atoms with Crippen LogP contribution in [0.25, 0.3) is 0 Å². The first-order valence-corrected chi connectivity index (χ1v) is 5.51. The Morgan fingerprint density at radius 2 is 1.71 bits per heavy atom. The Balaban J connectivity index is 2.78. The highest BCUT2D eigenvalue weighted by Gasteiger charge is 2.37. The lowest BCUT2D eigenvalue weighted by molar-refractivity contribution is 0.184. The molecule has 1 rings (SSSR count). The third-order valence-corrected chi connectivity index (χ3v) is 3.72. The lowest BCUT2D eigenvalue weighted by atomic mass is 9.83. The predicted octanol–water partition coefficient (Wildman–Crippen LogP) is 2.80. The Labute approximate surface area is 87.9 Å². The van der Waals surface area contributed by atoms with Crippen LogP contribution in [0.15, 0.2) is 0 Å². The molecule has 1 aliphatic rings. The number of hydrogen-bond acceptors (Lipinski definition) is 2. The van der Waals surface area contributed by atoms with Crippen LogP contribution >= 0.6 is 0 Å². The molecule has 0 aromatic rings. The lowest BCUT2D eigenvalue weighted by Gasteiger charge is -2.33. The van der Waals surface area contributed by atoms with Gasteiger partial charge in [-0.25, -0.2) is 0 Å². The fourth-order valence-electron chi connectivity index (χ4n) is 2.31. The van der Waals surface area contributed by atoms with Gasteiger partial charge in [0, 0.05) is 0 Å². The number of hydrogen-bond donors (Lipinski definition) is 0. The van der Waals surface area contributed by atoms with Gasteiger partial charge in [0.2, 0.25) is 0 Å². The third-order valence-electron chi connectivity index (χ3n) is 3.72. The smallest absolute Gasteiger partial charge is 0.108 e. The number of nitriles is 1. The van der Waals surface area contributed by atoms with E-state index in [0.29, 0.717) is 5.41 Å². The van der Waals surface area contributed by atoms with Crippen molar-refractivity contribution < 1.29 is 0 Å². The Bertz CT molecular complexity index is 237. The van der Waals surface area contributed by atoms with Crippen LogP contribution in [0.3, 0.4) is 0 Å². The van der Waals surface area contributed by atoms with Gasteiger partial charge in [-0.2, -0.15) is 5.26 Å². The predicted molar refractivity (Wildman–Crippen MR) is 58.9 cm³/mol. The van der Waals surface area contributed by atoms with E-state index in [9.17, 15) is 5.26 Å². The van der Waals surface area contributed by atoms with E-state index in [1.165, 1.54) is 19.3 Å². The minimum Gasteiger partial charge on any atom is -0.292 e. The molecule has 1 saturated carbocycles. The van der Waals surface area contributed by atoms with Crippen LogP contribution in [0, 0.1) is 16.7 Å². The summed E-state index contributed by atoms with van der Waals surface area (Å²) < 4.78 is 0. The monoisotopic (exact) mass is 194 g/mol. The maximum atomic E-state index is 9.32. The second-order valence-corrected chi connectivity index (χ2v) is 5.56. The van der Waals surface area contributed by atoms with Crippen LogP contribution in [0.4, 0.5) is 0 Å². The summed E-state index contributed by atoms with van der Waals surface area (Å²) >= 11 is 0. The second-order valence-electron chi connectivity index (χ2n) is 5.56. The van der Waals surface area contributed by atoms with E-state index in [-0.39, 0.29) is 5.54 Å². The fourth-order valence-corrected chi connectivity index (χ4v) is 2.31. The van der Waals surface area contributed by atoms with Crippen molar-refractivity contribution in [3.63, 3.8) is 0 Å². The maximum Gasteiger partial charge on any atom is 0.108 e. The zero-order chi connectivity index (χ0) is 10.8. The average molecular weight is 194 g/mol. The molecule has 1 fully saturated rings. The molecule has 0 saturated heterocycles. The maximum absolute atomic E-state index is 9.32. The van der Waals surface area contributed by atoms with Crippen molar-refractivity contribution >= 4 is 0 Å². The van der Waals surface area contributed by atoms with Gasteiger partial charge >= 0.3 is 0 Å². The van der Waals surface area contributed by atoms with Gasteiger partial charge in [0.25, 0.3) is 0 Å². The largest absolute Gasteiger partial charge is 0.292 e. The molecule has 0 radical (unpaired) electrons. The molecule has 2 nitrogen and oxygen atoms in total. The first-order valence-electron chi connectivity index (χ1n) is 5.51. The Morgan fingerprint density at radius 3 is 2.21 bits per heavy atom. The van der Waals surface area contributed by atoms with Gasteiger partial charge in [-0.05, 0) is 45.2 Å². The van der Waals surface area contributed by atoms with E-state index >= 15 is 0 Å². The molecule has 0 amide bonds. The van der Waals surface area contributed by atoms with Crippen molar-refractivity contribution in [2.24, 2.45) is 5.41 Å². The molecule has 0 aliphatic heterocycles. The van der Waals surface area contributed by atoms with Gasteiger partial charge in [0.05, 0.1) is 6.07 Å². The highest BCUT2D eigenvalue weighted by molar-refractivity contribution is 5.08. The van der Waals surface area contributed by atoms with E-state index < -0.39 is 0 Å². The van der Waals surface area contributed by atoms with E-state index in [2.05, 4.69) is 24.8 Å². The topological polar surface area (TPSA) is 27.0 Å². The highest BCUT2D eigenvalue weighted by Crippen LogP contribution is 2.39. The quantitative estimate of drug-likeness (QED) is 0.600.